The minimum atomic E-state index is -2.85. The SMILES string of the molecule is C[C@@]1(CCc2ccc(OC(F)F)cc2)NC(=O)N(CN2CCCCC2)C1=O. The first-order chi connectivity index (χ1) is 12.9. The van der Waals surface area contributed by atoms with Gasteiger partial charge in [-0.3, -0.25) is 9.69 Å². The monoisotopic (exact) mass is 381 g/mol. The lowest BCUT2D eigenvalue weighted by molar-refractivity contribution is -0.132. The van der Waals surface area contributed by atoms with Gasteiger partial charge in [0.05, 0.1) is 6.67 Å². The van der Waals surface area contributed by atoms with Gasteiger partial charge in [-0.2, -0.15) is 8.78 Å². The molecule has 3 amide bonds. The summed E-state index contributed by atoms with van der Waals surface area (Å²) in [6.07, 6.45) is 4.34. The summed E-state index contributed by atoms with van der Waals surface area (Å²) >= 11 is 0. The van der Waals surface area contributed by atoms with Gasteiger partial charge in [-0.15, -0.1) is 0 Å². The highest BCUT2D eigenvalue weighted by Crippen LogP contribution is 2.25. The molecular weight excluding hydrogens is 356 g/mol. The van der Waals surface area contributed by atoms with Gasteiger partial charge in [0.2, 0.25) is 0 Å². The van der Waals surface area contributed by atoms with Gasteiger partial charge in [-0.05, 0) is 63.4 Å². The number of carbonyl (C=O) groups is 2. The van der Waals surface area contributed by atoms with E-state index in [4.69, 9.17) is 0 Å². The van der Waals surface area contributed by atoms with Crippen LogP contribution in [0.15, 0.2) is 24.3 Å². The highest BCUT2D eigenvalue weighted by atomic mass is 19.3. The molecule has 0 saturated carbocycles. The van der Waals surface area contributed by atoms with Crippen LogP contribution in [0.4, 0.5) is 13.6 Å². The number of aryl methyl sites for hydroxylation is 1. The van der Waals surface area contributed by atoms with Crippen LogP contribution >= 0.6 is 0 Å². The second kappa shape index (κ2) is 8.21. The molecule has 0 bridgehead atoms. The lowest BCUT2D eigenvalue weighted by Gasteiger charge is -2.29. The Labute approximate surface area is 157 Å². The highest BCUT2D eigenvalue weighted by Gasteiger charge is 2.47. The van der Waals surface area contributed by atoms with Crippen LogP contribution in [-0.2, 0) is 11.2 Å². The maximum atomic E-state index is 12.8. The molecule has 3 rings (SSSR count). The Morgan fingerprint density at radius 2 is 1.81 bits per heavy atom. The number of ether oxygens (including phenoxy) is 1. The van der Waals surface area contributed by atoms with Gasteiger partial charge in [-0.25, -0.2) is 9.69 Å². The molecule has 27 heavy (non-hydrogen) atoms. The average Bonchev–Trinajstić information content (AvgIpc) is 2.85. The van der Waals surface area contributed by atoms with Crippen LogP contribution in [0.1, 0.15) is 38.2 Å². The summed E-state index contributed by atoms with van der Waals surface area (Å²) in [5, 5.41) is 2.81. The zero-order valence-corrected chi connectivity index (χ0v) is 15.4. The van der Waals surface area contributed by atoms with Gasteiger partial charge < -0.3 is 10.1 Å². The van der Waals surface area contributed by atoms with E-state index in [2.05, 4.69) is 15.0 Å². The molecule has 0 radical (unpaired) electrons. The number of halogens is 2. The van der Waals surface area contributed by atoms with E-state index in [1.54, 1.807) is 19.1 Å². The van der Waals surface area contributed by atoms with Crippen molar-refractivity contribution in [3.63, 3.8) is 0 Å². The van der Waals surface area contributed by atoms with Gasteiger partial charge in [0, 0.05) is 0 Å². The smallest absolute Gasteiger partial charge is 0.387 e. The topological polar surface area (TPSA) is 61.9 Å². The maximum Gasteiger partial charge on any atom is 0.387 e. The summed E-state index contributed by atoms with van der Waals surface area (Å²) in [6, 6.07) is 5.97. The van der Waals surface area contributed by atoms with Crippen molar-refractivity contribution in [1.82, 2.24) is 15.1 Å². The van der Waals surface area contributed by atoms with E-state index in [1.807, 2.05) is 0 Å². The predicted molar refractivity (Wildman–Crippen MR) is 95.5 cm³/mol. The molecule has 2 heterocycles. The first-order valence-electron chi connectivity index (χ1n) is 9.28. The molecule has 148 valence electrons. The minimum absolute atomic E-state index is 0.0953. The predicted octanol–water partition coefficient (Wildman–Crippen LogP) is 2.97. The summed E-state index contributed by atoms with van der Waals surface area (Å²) in [5.41, 5.74) is -0.0697. The summed E-state index contributed by atoms with van der Waals surface area (Å²) in [6.45, 7) is 1.02. The van der Waals surface area contributed by atoms with E-state index >= 15 is 0 Å². The lowest BCUT2D eigenvalue weighted by Crippen LogP contribution is -2.46. The Morgan fingerprint density at radius 3 is 2.44 bits per heavy atom. The summed E-state index contributed by atoms with van der Waals surface area (Å²) in [4.78, 5) is 28.6. The van der Waals surface area contributed by atoms with Gasteiger partial charge in [0.15, 0.2) is 0 Å². The number of nitrogens with zero attached hydrogens (tertiary/aromatic N) is 2. The summed E-state index contributed by atoms with van der Waals surface area (Å²) in [5.74, 6) is -0.117. The molecule has 2 fully saturated rings. The van der Waals surface area contributed by atoms with Crippen molar-refractivity contribution in [2.75, 3.05) is 19.8 Å². The third kappa shape index (κ3) is 4.74. The average molecular weight is 381 g/mol. The third-order valence-electron chi connectivity index (χ3n) is 5.20. The van der Waals surface area contributed by atoms with E-state index in [0.717, 1.165) is 31.5 Å². The first-order valence-corrected chi connectivity index (χ1v) is 9.28. The molecule has 2 saturated heterocycles. The van der Waals surface area contributed by atoms with Crippen molar-refractivity contribution in [3.05, 3.63) is 29.8 Å². The summed E-state index contributed by atoms with van der Waals surface area (Å²) < 4.78 is 28.7. The Balaban J connectivity index is 1.57. The van der Waals surface area contributed by atoms with E-state index in [0.29, 0.717) is 19.5 Å². The van der Waals surface area contributed by atoms with Crippen LogP contribution in [0.25, 0.3) is 0 Å². The zero-order chi connectivity index (χ0) is 19.4. The quantitative estimate of drug-likeness (QED) is 0.738. The maximum absolute atomic E-state index is 12.8. The number of rotatable bonds is 7. The van der Waals surface area contributed by atoms with Crippen molar-refractivity contribution < 1.29 is 23.1 Å². The van der Waals surface area contributed by atoms with Crippen LogP contribution in [-0.4, -0.2) is 53.6 Å². The minimum Gasteiger partial charge on any atom is -0.435 e. The molecule has 0 aliphatic carbocycles. The molecule has 1 aromatic rings. The molecular formula is C19H25F2N3O3. The number of benzene rings is 1. The number of hydrogen-bond acceptors (Lipinski definition) is 4. The molecule has 0 aromatic heterocycles. The first kappa shape index (κ1) is 19.5. The van der Waals surface area contributed by atoms with Crippen LogP contribution < -0.4 is 10.1 Å². The normalized spacial score (nSPS) is 23.8. The Hall–Kier alpha value is -2.22. The number of urea groups is 1. The van der Waals surface area contributed by atoms with E-state index in [9.17, 15) is 18.4 Å². The molecule has 6 nitrogen and oxygen atoms in total. The van der Waals surface area contributed by atoms with Crippen molar-refractivity contribution in [2.24, 2.45) is 0 Å². The van der Waals surface area contributed by atoms with Gasteiger partial charge in [0.1, 0.15) is 11.3 Å². The lowest BCUT2D eigenvalue weighted by atomic mass is 9.93. The number of imide groups is 1. The fourth-order valence-corrected chi connectivity index (χ4v) is 3.58. The van der Waals surface area contributed by atoms with E-state index in [1.165, 1.54) is 23.5 Å². The van der Waals surface area contributed by atoms with Crippen molar-refractivity contribution in [2.45, 2.75) is 51.2 Å². The van der Waals surface area contributed by atoms with Crippen LogP contribution in [0, 0.1) is 0 Å². The molecule has 2 aliphatic heterocycles. The van der Waals surface area contributed by atoms with Gasteiger partial charge >= 0.3 is 12.6 Å². The molecule has 0 unspecified atom stereocenters. The highest BCUT2D eigenvalue weighted by molar-refractivity contribution is 6.06. The van der Waals surface area contributed by atoms with Crippen molar-refractivity contribution in [1.29, 1.82) is 0 Å². The standard InChI is InChI=1S/C19H25F2N3O3/c1-19(10-9-14-5-7-15(8-6-14)27-17(20)21)16(25)24(18(26)22-19)13-23-11-3-2-4-12-23/h5-8,17H,2-4,9-13H2,1H3,(H,22,26)/t19-/m0/s1. The van der Waals surface area contributed by atoms with Crippen LogP contribution in [0.5, 0.6) is 5.75 Å². The molecule has 1 N–H and O–H groups in total. The molecule has 1 aromatic carbocycles. The third-order valence-corrected chi connectivity index (χ3v) is 5.20. The Morgan fingerprint density at radius 1 is 1.15 bits per heavy atom. The van der Waals surface area contributed by atoms with Gasteiger partial charge in [-0.1, -0.05) is 18.6 Å². The number of nitrogens with one attached hydrogen (secondary N) is 1. The summed E-state index contributed by atoms with van der Waals surface area (Å²) in [7, 11) is 0. The Kier molecular flexibility index (Phi) is 5.94. The van der Waals surface area contributed by atoms with Crippen molar-refractivity contribution in [3.8, 4) is 5.75 Å². The zero-order valence-electron chi connectivity index (χ0n) is 15.4. The number of alkyl halides is 2. The number of likely N-dealkylation sites (tertiary alicyclic amines) is 1. The molecule has 0 spiro atoms. The molecule has 1 atom stereocenters. The number of piperidine rings is 1. The fourth-order valence-electron chi connectivity index (χ4n) is 3.58. The van der Waals surface area contributed by atoms with E-state index in [-0.39, 0.29) is 17.7 Å². The number of hydrogen-bond donors (Lipinski definition) is 1. The molecule has 2 aliphatic rings. The number of carbonyl (C=O) groups excluding carboxylic acids is 2. The van der Waals surface area contributed by atoms with Gasteiger partial charge in [0.25, 0.3) is 5.91 Å². The number of amides is 3. The van der Waals surface area contributed by atoms with Crippen LogP contribution in [0.3, 0.4) is 0 Å². The largest absolute Gasteiger partial charge is 0.435 e. The molecule has 8 heteroatoms. The van der Waals surface area contributed by atoms with E-state index < -0.39 is 12.2 Å². The fraction of sp³-hybridized carbons (Fsp3) is 0.579. The van der Waals surface area contributed by atoms with Crippen LogP contribution in [0.2, 0.25) is 0 Å². The second-order valence-corrected chi connectivity index (χ2v) is 7.34. The Bertz CT molecular complexity index is 677. The van der Waals surface area contributed by atoms with Crippen molar-refractivity contribution >= 4 is 11.9 Å². The second-order valence-electron chi connectivity index (χ2n) is 7.34.